The van der Waals surface area contributed by atoms with Crippen molar-refractivity contribution in [2.75, 3.05) is 11.9 Å². The molecule has 7 heteroatoms. The van der Waals surface area contributed by atoms with Crippen molar-refractivity contribution >= 4 is 51.4 Å². The summed E-state index contributed by atoms with van der Waals surface area (Å²) in [4.78, 5) is 22.4. The van der Waals surface area contributed by atoms with Crippen LogP contribution in [0.3, 0.4) is 0 Å². The van der Waals surface area contributed by atoms with E-state index in [0.717, 1.165) is 40.7 Å². The number of para-hydroxylation sites is 1. The lowest BCUT2D eigenvalue weighted by atomic mass is 10.1. The van der Waals surface area contributed by atoms with Gasteiger partial charge in [0.25, 0.3) is 0 Å². The molecule has 0 saturated heterocycles. The van der Waals surface area contributed by atoms with Crippen molar-refractivity contribution in [2.45, 2.75) is 26.2 Å². The molecule has 5 nitrogen and oxygen atoms in total. The van der Waals surface area contributed by atoms with Gasteiger partial charge in [-0.05, 0) is 43.9 Å². The number of nitrogens with zero attached hydrogens (tertiary/aromatic N) is 2. The zero-order chi connectivity index (χ0) is 16.5. The summed E-state index contributed by atoms with van der Waals surface area (Å²) in [5.74, 6) is 0.462. The second-order valence-corrected chi connectivity index (χ2v) is 6.75. The topological polar surface area (TPSA) is 64.1 Å². The Kier molecular flexibility index (Phi) is 5.20. The van der Waals surface area contributed by atoms with Crippen LogP contribution in [0.2, 0.25) is 0 Å². The van der Waals surface area contributed by atoms with Gasteiger partial charge in [-0.15, -0.1) is 23.7 Å². The van der Waals surface area contributed by atoms with Crippen molar-refractivity contribution in [1.29, 1.82) is 0 Å². The number of carbonyl (C=O) groups is 1. The Morgan fingerprint density at radius 3 is 2.96 bits per heavy atom. The third-order valence-corrected chi connectivity index (χ3v) is 5.38. The van der Waals surface area contributed by atoms with Crippen molar-refractivity contribution < 1.29 is 9.53 Å². The average molecular weight is 376 g/mol. The molecule has 1 aliphatic carbocycles. The number of esters is 1. The van der Waals surface area contributed by atoms with Crippen LogP contribution in [0, 0.1) is 0 Å². The maximum absolute atomic E-state index is 12.5. The Balaban J connectivity index is 0.00000182. The molecule has 3 aromatic rings. The van der Waals surface area contributed by atoms with Crippen molar-refractivity contribution in [2.24, 2.45) is 0 Å². The van der Waals surface area contributed by atoms with E-state index < -0.39 is 0 Å². The van der Waals surface area contributed by atoms with Crippen molar-refractivity contribution in [3.05, 3.63) is 46.6 Å². The number of nitrogens with one attached hydrogen (secondary N) is 1. The molecule has 0 bridgehead atoms. The summed E-state index contributed by atoms with van der Waals surface area (Å²) in [5, 5.41) is 5.11. The Hall–Kier alpha value is -2.18. The summed E-state index contributed by atoms with van der Waals surface area (Å²) in [5.41, 5.74) is 2.69. The van der Waals surface area contributed by atoms with E-state index >= 15 is 0 Å². The van der Waals surface area contributed by atoms with E-state index in [9.17, 15) is 4.79 Å². The summed E-state index contributed by atoms with van der Waals surface area (Å²) in [6.45, 7) is 2.20. The first-order chi connectivity index (χ1) is 11.8. The van der Waals surface area contributed by atoms with Crippen molar-refractivity contribution in [3.63, 3.8) is 0 Å². The van der Waals surface area contributed by atoms with Gasteiger partial charge < -0.3 is 10.1 Å². The number of aryl methyl sites for hydroxylation is 1. The van der Waals surface area contributed by atoms with Gasteiger partial charge in [-0.2, -0.15) is 0 Å². The van der Waals surface area contributed by atoms with E-state index in [1.165, 1.54) is 11.2 Å². The summed E-state index contributed by atoms with van der Waals surface area (Å²) in [6, 6.07) is 7.83. The van der Waals surface area contributed by atoms with E-state index in [1.807, 2.05) is 31.2 Å². The predicted octanol–water partition coefficient (Wildman–Crippen LogP) is 4.52. The van der Waals surface area contributed by atoms with E-state index in [1.54, 1.807) is 11.3 Å². The summed E-state index contributed by atoms with van der Waals surface area (Å²) in [7, 11) is 0. The molecule has 0 amide bonds. The lowest BCUT2D eigenvalue weighted by Crippen LogP contribution is -2.08. The van der Waals surface area contributed by atoms with Gasteiger partial charge in [0.05, 0.1) is 17.7 Å². The van der Waals surface area contributed by atoms with E-state index in [4.69, 9.17) is 4.74 Å². The van der Waals surface area contributed by atoms with Crippen molar-refractivity contribution in [1.82, 2.24) is 9.97 Å². The van der Waals surface area contributed by atoms with Crippen LogP contribution in [0.5, 0.6) is 0 Å². The van der Waals surface area contributed by atoms with Gasteiger partial charge in [0.15, 0.2) is 0 Å². The van der Waals surface area contributed by atoms with Gasteiger partial charge in [0, 0.05) is 10.3 Å². The largest absolute Gasteiger partial charge is 0.462 e. The molecule has 0 fully saturated rings. The molecule has 2 aromatic heterocycles. The van der Waals surface area contributed by atoms with Crippen LogP contribution in [0.1, 0.15) is 34.1 Å². The molecule has 0 aliphatic heterocycles. The Morgan fingerprint density at radius 2 is 2.12 bits per heavy atom. The number of halogens is 1. The molecule has 0 atom stereocenters. The zero-order valence-electron chi connectivity index (χ0n) is 13.7. The van der Waals surface area contributed by atoms with E-state index in [-0.39, 0.29) is 18.4 Å². The Morgan fingerprint density at radius 1 is 1.28 bits per heavy atom. The SMILES string of the molecule is CCOC(=O)c1c(Nc2ncnc3ccccc23)sc2c1CCC2.Cl. The number of thiophene rings is 1. The first kappa shape index (κ1) is 17.6. The molecule has 1 aromatic carbocycles. The summed E-state index contributed by atoms with van der Waals surface area (Å²) >= 11 is 1.63. The lowest BCUT2D eigenvalue weighted by molar-refractivity contribution is 0.0527. The second kappa shape index (κ2) is 7.37. The van der Waals surface area contributed by atoms with Crippen LogP contribution in [0.4, 0.5) is 10.8 Å². The fourth-order valence-electron chi connectivity index (χ4n) is 3.12. The highest BCUT2D eigenvalue weighted by molar-refractivity contribution is 7.16. The average Bonchev–Trinajstić information content (AvgIpc) is 3.16. The smallest absolute Gasteiger partial charge is 0.341 e. The lowest BCUT2D eigenvalue weighted by Gasteiger charge is -2.09. The number of ether oxygens (including phenoxy) is 1. The zero-order valence-corrected chi connectivity index (χ0v) is 15.4. The van der Waals surface area contributed by atoms with E-state index in [2.05, 4.69) is 15.3 Å². The Labute approximate surface area is 155 Å². The van der Waals surface area contributed by atoms with Gasteiger partial charge in [-0.25, -0.2) is 14.8 Å². The maximum Gasteiger partial charge on any atom is 0.341 e. The minimum absolute atomic E-state index is 0. The number of anilines is 2. The number of fused-ring (bicyclic) bond motifs is 2. The normalized spacial score (nSPS) is 12.5. The molecular weight excluding hydrogens is 358 g/mol. The molecule has 1 aliphatic rings. The molecule has 0 radical (unpaired) electrons. The quantitative estimate of drug-likeness (QED) is 0.679. The molecular formula is C18H18ClN3O2S. The van der Waals surface area contributed by atoms with Gasteiger partial charge in [-0.3, -0.25) is 0 Å². The fourth-order valence-corrected chi connectivity index (χ4v) is 4.40. The minimum Gasteiger partial charge on any atom is -0.462 e. The van der Waals surface area contributed by atoms with Crippen LogP contribution >= 0.6 is 23.7 Å². The minimum atomic E-state index is -0.252. The third kappa shape index (κ3) is 3.19. The van der Waals surface area contributed by atoms with Crippen molar-refractivity contribution in [3.8, 4) is 0 Å². The van der Waals surface area contributed by atoms with Gasteiger partial charge in [0.2, 0.25) is 0 Å². The second-order valence-electron chi connectivity index (χ2n) is 5.65. The third-order valence-electron chi connectivity index (χ3n) is 4.18. The van der Waals surface area contributed by atoms with Gasteiger partial charge in [-0.1, -0.05) is 12.1 Å². The standard InChI is InChI=1S/C18H17N3O2S.ClH/c1-2-23-18(22)15-12-7-5-9-14(12)24-17(15)21-16-11-6-3-4-8-13(11)19-10-20-16;/h3-4,6,8,10H,2,5,7,9H2,1H3,(H,19,20,21);1H. The number of benzene rings is 1. The van der Waals surface area contributed by atoms with Crippen LogP contribution in [-0.2, 0) is 17.6 Å². The van der Waals surface area contributed by atoms with Gasteiger partial charge in [0.1, 0.15) is 17.1 Å². The number of hydrogen-bond donors (Lipinski definition) is 1. The number of hydrogen-bond acceptors (Lipinski definition) is 6. The van der Waals surface area contributed by atoms with Crippen LogP contribution in [-0.4, -0.2) is 22.5 Å². The highest BCUT2D eigenvalue weighted by Gasteiger charge is 2.27. The first-order valence-electron chi connectivity index (χ1n) is 8.06. The molecule has 4 rings (SSSR count). The van der Waals surface area contributed by atoms with Crippen LogP contribution < -0.4 is 5.32 Å². The molecule has 130 valence electrons. The number of aromatic nitrogens is 2. The summed E-state index contributed by atoms with van der Waals surface area (Å²) < 4.78 is 5.27. The molecule has 0 unspecified atom stereocenters. The highest BCUT2D eigenvalue weighted by atomic mass is 35.5. The van der Waals surface area contributed by atoms with Crippen LogP contribution in [0.15, 0.2) is 30.6 Å². The maximum atomic E-state index is 12.5. The summed E-state index contributed by atoms with van der Waals surface area (Å²) in [6.07, 6.45) is 4.60. The fraction of sp³-hybridized carbons (Fsp3) is 0.278. The first-order valence-corrected chi connectivity index (χ1v) is 8.88. The molecule has 25 heavy (non-hydrogen) atoms. The molecule has 0 saturated carbocycles. The number of carbonyl (C=O) groups excluding carboxylic acids is 1. The molecule has 1 N–H and O–H groups in total. The number of rotatable bonds is 4. The van der Waals surface area contributed by atoms with Gasteiger partial charge >= 0.3 is 5.97 Å². The van der Waals surface area contributed by atoms with Crippen LogP contribution in [0.25, 0.3) is 10.9 Å². The monoisotopic (exact) mass is 375 g/mol. The highest BCUT2D eigenvalue weighted by Crippen LogP contribution is 2.41. The molecule has 0 spiro atoms. The molecule has 2 heterocycles. The van der Waals surface area contributed by atoms with E-state index in [0.29, 0.717) is 18.0 Å². The predicted molar refractivity (Wildman–Crippen MR) is 102 cm³/mol. The Bertz CT molecular complexity index is 921.